The van der Waals surface area contributed by atoms with Crippen molar-refractivity contribution >= 4 is 65.4 Å². The van der Waals surface area contributed by atoms with Crippen molar-refractivity contribution in [1.82, 2.24) is 0 Å². The summed E-state index contributed by atoms with van der Waals surface area (Å²) >= 11 is 0. The molecule has 7 aromatic rings. The molecule has 11 rings (SSSR count). The van der Waals surface area contributed by atoms with Crippen molar-refractivity contribution in [1.29, 1.82) is 0 Å². The minimum Gasteiger partial charge on any atom is -0.456 e. The largest absolute Gasteiger partial charge is 0.456 e. The number of fused-ring (bicyclic) bond motifs is 11. The zero-order chi connectivity index (χ0) is 33.1. The first-order chi connectivity index (χ1) is 24.5. The maximum absolute atomic E-state index is 6.30. The number of para-hydroxylation sites is 1. The van der Waals surface area contributed by atoms with Crippen molar-refractivity contribution in [3.05, 3.63) is 179 Å². The molecule has 1 heteroatoms. The van der Waals surface area contributed by atoms with E-state index in [9.17, 15) is 0 Å². The van der Waals surface area contributed by atoms with Crippen LogP contribution in [0.25, 0.3) is 65.4 Å². The van der Waals surface area contributed by atoms with E-state index in [1.807, 2.05) is 0 Å². The lowest BCUT2D eigenvalue weighted by atomic mass is 9.74. The molecule has 6 aromatic carbocycles. The Morgan fingerprint density at radius 1 is 0.580 bits per heavy atom. The van der Waals surface area contributed by atoms with E-state index in [0.717, 1.165) is 24.0 Å². The fourth-order valence-electron chi connectivity index (χ4n) is 9.98. The van der Waals surface area contributed by atoms with Crippen molar-refractivity contribution in [2.45, 2.75) is 38.0 Å². The van der Waals surface area contributed by atoms with E-state index < -0.39 is 0 Å². The minimum absolute atomic E-state index is 0.0780. The molecule has 0 bridgehead atoms. The third-order valence-corrected chi connectivity index (χ3v) is 12.2. The maximum atomic E-state index is 6.30. The normalized spacial score (nSPS) is 20.5. The lowest BCUT2D eigenvalue weighted by Crippen LogP contribution is -2.18. The third-order valence-electron chi connectivity index (χ3n) is 12.2. The molecular formula is C49H36O. The van der Waals surface area contributed by atoms with Crippen LogP contribution in [0.2, 0.25) is 0 Å². The highest BCUT2D eigenvalue weighted by molar-refractivity contribution is 6.16. The zero-order valence-corrected chi connectivity index (χ0v) is 28.3. The summed E-state index contributed by atoms with van der Waals surface area (Å²) in [5, 5.41) is 10.4. The maximum Gasteiger partial charge on any atom is 0.136 e. The van der Waals surface area contributed by atoms with Gasteiger partial charge < -0.3 is 4.42 Å². The van der Waals surface area contributed by atoms with Crippen LogP contribution < -0.4 is 0 Å². The standard InChI is InChI=1S/C49H36O/c1-49(2)43-24-22-33(26-41(43)39-23-21-31-27-45-42(28-40(31)48(39)49)34-13-9-10-18-44(34)50-45)47-37-16-7-5-14-35(37)46(36-15-6-8-17-38(36)47)32-20-19-29-11-3-4-12-30(29)25-32/h3-24,27-28,30,41H,25-26H2,1-2H3. The second kappa shape index (κ2) is 10.2. The van der Waals surface area contributed by atoms with Crippen molar-refractivity contribution in [2.24, 2.45) is 5.92 Å². The van der Waals surface area contributed by atoms with Crippen LogP contribution in [0.4, 0.5) is 0 Å². The van der Waals surface area contributed by atoms with Gasteiger partial charge in [-0.25, -0.2) is 0 Å². The molecule has 0 radical (unpaired) electrons. The summed E-state index contributed by atoms with van der Waals surface area (Å²) in [6.45, 7) is 4.87. The molecule has 2 atom stereocenters. The smallest absolute Gasteiger partial charge is 0.136 e. The van der Waals surface area contributed by atoms with E-state index in [-0.39, 0.29) is 5.41 Å². The lowest BCUT2D eigenvalue weighted by molar-refractivity contribution is 0.618. The average Bonchev–Trinajstić information content (AvgIpc) is 3.63. The third kappa shape index (κ3) is 3.84. The summed E-state index contributed by atoms with van der Waals surface area (Å²) in [6, 6.07) is 36.1. The van der Waals surface area contributed by atoms with Gasteiger partial charge in [0.2, 0.25) is 0 Å². The van der Waals surface area contributed by atoms with Gasteiger partial charge in [-0.3, -0.25) is 0 Å². The number of allylic oxidation sites excluding steroid dienone is 12. The van der Waals surface area contributed by atoms with E-state index in [4.69, 9.17) is 4.42 Å². The molecule has 0 spiro atoms. The molecule has 0 saturated carbocycles. The molecule has 1 heterocycles. The van der Waals surface area contributed by atoms with Gasteiger partial charge in [-0.15, -0.1) is 0 Å². The molecular weight excluding hydrogens is 605 g/mol. The highest BCUT2D eigenvalue weighted by Crippen LogP contribution is 2.58. The predicted molar refractivity (Wildman–Crippen MR) is 212 cm³/mol. The molecule has 0 saturated heterocycles. The molecule has 4 aliphatic rings. The van der Waals surface area contributed by atoms with Crippen molar-refractivity contribution < 1.29 is 4.42 Å². The Labute approximate surface area is 291 Å². The molecule has 2 unspecified atom stereocenters. The first kappa shape index (κ1) is 28.2. The molecule has 0 fully saturated rings. The fourth-order valence-corrected chi connectivity index (χ4v) is 9.98. The number of furan rings is 1. The van der Waals surface area contributed by atoms with Gasteiger partial charge in [-0.1, -0.05) is 147 Å². The monoisotopic (exact) mass is 640 g/mol. The number of hydrogen-bond donors (Lipinski definition) is 0. The zero-order valence-electron chi connectivity index (χ0n) is 28.3. The quantitative estimate of drug-likeness (QED) is 0.171. The van der Waals surface area contributed by atoms with Crippen LogP contribution in [0.15, 0.2) is 161 Å². The van der Waals surface area contributed by atoms with Crippen molar-refractivity contribution in [3.63, 3.8) is 0 Å². The van der Waals surface area contributed by atoms with E-state index in [1.165, 1.54) is 87.6 Å². The highest BCUT2D eigenvalue weighted by Gasteiger charge is 2.44. The van der Waals surface area contributed by atoms with Gasteiger partial charge in [0.15, 0.2) is 0 Å². The SMILES string of the molecule is CC1(C)C2=CC=C(c3c4ccccc4c(C4=CC=C5C=CC=CC5C4)c4ccccc34)CC2c2ccc3cc4oc5ccccc5c4cc3c21. The van der Waals surface area contributed by atoms with Crippen LogP contribution in [-0.2, 0) is 5.41 Å². The van der Waals surface area contributed by atoms with Crippen LogP contribution in [0, 0.1) is 5.92 Å². The van der Waals surface area contributed by atoms with Gasteiger partial charge in [0, 0.05) is 28.0 Å². The summed E-state index contributed by atoms with van der Waals surface area (Å²) in [4.78, 5) is 0. The predicted octanol–water partition coefficient (Wildman–Crippen LogP) is 13.3. The second-order valence-electron chi connectivity index (χ2n) is 15.1. The molecule has 1 aromatic heterocycles. The fraction of sp³-hybridized carbons (Fsp3) is 0.143. The molecule has 238 valence electrons. The highest BCUT2D eigenvalue weighted by atomic mass is 16.3. The molecule has 0 amide bonds. The molecule has 1 nitrogen and oxygen atoms in total. The molecule has 0 N–H and O–H groups in total. The van der Waals surface area contributed by atoms with Gasteiger partial charge in [0.05, 0.1) is 0 Å². The Bertz CT molecular complexity index is 2780. The summed E-state index contributed by atoms with van der Waals surface area (Å²) in [5.74, 6) is 0.779. The van der Waals surface area contributed by atoms with E-state index in [2.05, 4.69) is 160 Å². The van der Waals surface area contributed by atoms with Gasteiger partial charge in [-0.2, -0.15) is 0 Å². The Kier molecular flexibility index (Phi) is 5.75. The Hall–Kier alpha value is -5.66. The first-order valence-corrected chi connectivity index (χ1v) is 18.0. The topological polar surface area (TPSA) is 13.1 Å². The number of hydrogen-bond acceptors (Lipinski definition) is 1. The Morgan fingerprint density at radius 3 is 1.98 bits per heavy atom. The second-order valence-corrected chi connectivity index (χ2v) is 15.1. The van der Waals surface area contributed by atoms with Crippen molar-refractivity contribution in [2.75, 3.05) is 0 Å². The van der Waals surface area contributed by atoms with E-state index in [1.54, 1.807) is 0 Å². The molecule has 4 aliphatic carbocycles. The first-order valence-electron chi connectivity index (χ1n) is 18.0. The summed E-state index contributed by atoms with van der Waals surface area (Å²) in [5.41, 5.74) is 13.4. The molecule has 0 aliphatic heterocycles. The Balaban J connectivity index is 1.09. The molecule has 50 heavy (non-hydrogen) atoms. The average molecular weight is 641 g/mol. The number of benzene rings is 6. The van der Waals surface area contributed by atoms with Gasteiger partial charge >= 0.3 is 0 Å². The van der Waals surface area contributed by atoms with Crippen LogP contribution in [0.1, 0.15) is 54.9 Å². The summed E-state index contributed by atoms with van der Waals surface area (Å²) in [7, 11) is 0. The van der Waals surface area contributed by atoms with E-state index in [0.29, 0.717) is 11.8 Å². The van der Waals surface area contributed by atoms with Crippen LogP contribution in [-0.4, -0.2) is 0 Å². The van der Waals surface area contributed by atoms with Crippen LogP contribution >= 0.6 is 0 Å². The summed E-state index contributed by atoms with van der Waals surface area (Å²) < 4.78 is 6.30. The summed E-state index contributed by atoms with van der Waals surface area (Å²) in [6.07, 6.45) is 20.6. The van der Waals surface area contributed by atoms with Crippen LogP contribution in [0.5, 0.6) is 0 Å². The van der Waals surface area contributed by atoms with Gasteiger partial charge in [-0.05, 0) is 102 Å². The van der Waals surface area contributed by atoms with Gasteiger partial charge in [0.1, 0.15) is 11.2 Å². The van der Waals surface area contributed by atoms with Crippen molar-refractivity contribution in [3.8, 4) is 0 Å². The van der Waals surface area contributed by atoms with Crippen LogP contribution in [0.3, 0.4) is 0 Å². The number of rotatable bonds is 2. The van der Waals surface area contributed by atoms with E-state index >= 15 is 0 Å². The minimum atomic E-state index is -0.0780. The lowest BCUT2D eigenvalue weighted by Gasteiger charge is -2.29. The van der Waals surface area contributed by atoms with Gasteiger partial charge in [0.25, 0.3) is 0 Å². The Morgan fingerprint density at radius 2 is 1.24 bits per heavy atom.